The monoisotopic (exact) mass is 262 g/mol. The summed E-state index contributed by atoms with van der Waals surface area (Å²) in [4.78, 5) is 5.49. The van der Waals surface area contributed by atoms with E-state index < -0.39 is 0 Å². The molecule has 1 aromatic carbocycles. The fourth-order valence-electron chi connectivity index (χ4n) is 2.04. The van der Waals surface area contributed by atoms with Gasteiger partial charge in [0.2, 0.25) is 0 Å². The minimum Gasteiger partial charge on any atom is -0.394 e. The first-order chi connectivity index (χ1) is 8.72. The van der Waals surface area contributed by atoms with Crippen LogP contribution in [0.4, 0.5) is 0 Å². The van der Waals surface area contributed by atoms with Gasteiger partial charge in [0.15, 0.2) is 0 Å². The van der Waals surface area contributed by atoms with Crippen LogP contribution in [-0.2, 0) is 0 Å². The Hall–Kier alpha value is -1.23. The summed E-state index contributed by atoms with van der Waals surface area (Å²) in [7, 11) is 0. The van der Waals surface area contributed by atoms with Crippen LogP contribution >= 0.6 is 11.3 Å². The number of aromatic nitrogens is 1. The lowest BCUT2D eigenvalue weighted by Crippen LogP contribution is -2.27. The van der Waals surface area contributed by atoms with Crippen LogP contribution in [-0.4, -0.2) is 16.7 Å². The van der Waals surface area contributed by atoms with Gasteiger partial charge in [-0.1, -0.05) is 30.3 Å². The molecule has 0 aliphatic heterocycles. The highest BCUT2D eigenvalue weighted by atomic mass is 32.1. The smallest absolute Gasteiger partial charge is 0.0798 e. The van der Waals surface area contributed by atoms with Gasteiger partial charge < -0.3 is 10.4 Å². The van der Waals surface area contributed by atoms with Gasteiger partial charge >= 0.3 is 0 Å². The van der Waals surface area contributed by atoms with Crippen LogP contribution in [0.15, 0.2) is 35.8 Å². The largest absolute Gasteiger partial charge is 0.394 e. The molecule has 18 heavy (non-hydrogen) atoms. The van der Waals surface area contributed by atoms with Crippen molar-refractivity contribution in [1.82, 2.24) is 10.3 Å². The van der Waals surface area contributed by atoms with Crippen molar-refractivity contribution in [3.05, 3.63) is 52.0 Å². The maximum Gasteiger partial charge on any atom is 0.0798 e. The van der Waals surface area contributed by atoms with Crippen LogP contribution < -0.4 is 5.32 Å². The normalized spacial score (nSPS) is 14.4. The minimum atomic E-state index is -0.0392. The Balaban J connectivity index is 2.10. The molecule has 0 spiro atoms. The van der Waals surface area contributed by atoms with Crippen molar-refractivity contribution in [3.8, 4) is 0 Å². The molecule has 96 valence electrons. The Morgan fingerprint density at radius 2 is 2.06 bits per heavy atom. The molecule has 2 rings (SSSR count). The van der Waals surface area contributed by atoms with Crippen molar-refractivity contribution in [2.45, 2.75) is 25.9 Å². The first-order valence-electron chi connectivity index (χ1n) is 6.04. The predicted molar refractivity (Wildman–Crippen MR) is 74.7 cm³/mol. The standard InChI is InChI=1S/C14H18N2OS/c1-10-14(18-9-15-10)11(2)16-13(8-17)12-6-4-3-5-7-12/h3-7,9,11,13,16-17H,8H2,1-2H3. The molecule has 3 nitrogen and oxygen atoms in total. The number of hydrogen-bond acceptors (Lipinski definition) is 4. The maximum atomic E-state index is 9.52. The predicted octanol–water partition coefficient (Wildman–Crippen LogP) is 2.84. The van der Waals surface area contributed by atoms with Gasteiger partial charge in [-0.2, -0.15) is 0 Å². The topological polar surface area (TPSA) is 45.2 Å². The average Bonchev–Trinajstić information content (AvgIpc) is 2.83. The fourth-order valence-corrected chi connectivity index (χ4v) is 2.86. The number of hydrogen-bond donors (Lipinski definition) is 2. The molecule has 0 bridgehead atoms. The number of nitrogens with one attached hydrogen (secondary N) is 1. The van der Waals surface area contributed by atoms with E-state index in [-0.39, 0.29) is 18.7 Å². The van der Waals surface area contributed by atoms with Gasteiger partial charge in [-0.25, -0.2) is 4.98 Å². The lowest BCUT2D eigenvalue weighted by Gasteiger charge is -2.21. The van der Waals surface area contributed by atoms with Crippen LogP contribution in [0.1, 0.15) is 35.1 Å². The second-order valence-corrected chi connectivity index (χ2v) is 5.22. The second kappa shape index (κ2) is 6.09. The summed E-state index contributed by atoms with van der Waals surface area (Å²) in [6.07, 6.45) is 0. The minimum absolute atomic E-state index is 0.0392. The maximum absolute atomic E-state index is 9.52. The van der Waals surface area contributed by atoms with Crippen LogP contribution in [0.25, 0.3) is 0 Å². The van der Waals surface area contributed by atoms with Crippen molar-refractivity contribution in [1.29, 1.82) is 0 Å². The van der Waals surface area contributed by atoms with E-state index in [1.165, 1.54) is 4.88 Å². The third-order valence-electron chi connectivity index (χ3n) is 3.01. The van der Waals surface area contributed by atoms with Gasteiger partial charge in [0.25, 0.3) is 0 Å². The summed E-state index contributed by atoms with van der Waals surface area (Å²) in [5.74, 6) is 0. The summed E-state index contributed by atoms with van der Waals surface area (Å²) >= 11 is 1.65. The third kappa shape index (κ3) is 2.96. The van der Waals surface area contributed by atoms with Gasteiger partial charge in [0.05, 0.1) is 23.9 Å². The molecule has 2 N–H and O–H groups in total. The van der Waals surface area contributed by atoms with Gasteiger partial charge in [0.1, 0.15) is 0 Å². The van der Waals surface area contributed by atoms with E-state index in [1.807, 2.05) is 42.8 Å². The highest BCUT2D eigenvalue weighted by Gasteiger charge is 2.16. The van der Waals surface area contributed by atoms with E-state index in [4.69, 9.17) is 0 Å². The van der Waals surface area contributed by atoms with Crippen molar-refractivity contribution < 1.29 is 5.11 Å². The van der Waals surface area contributed by atoms with Gasteiger partial charge in [0, 0.05) is 10.9 Å². The zero-order valence-corrected chi connectivity index (χ0v) is 11.4. The van der Waals surface area contributed by atoms with Gasteiger partial charge in [-0.05, 0) is 19.4 Å². The summed E-state index contributed by atoms with van der Waals surface area (Å²) in [5.41, 5.74) is 4.03. The SMILES string of the molecule is Cc1ncsc1C(C)NC(CO)c1ccccc1. The summed E-state index contributed by atoms with van der Waals surface area (Å²) in [5, 5.41) is 13.0. The summed E-state index contributed by atoms with van der Waals surface area (Å²) in [6.45, 7) is 4.21. The Morgan fingerprint density at radius 3 is 2.61 bits per heavy atom. The molecule has 0 saturated heterocycles. The number of aryl methyl sites for hydroxylation is 1. The highest BCUT2D eigenvalue weighted by Crippen LogP contribution is 2.24. The molecule has 0 radical (unpaired) electrons. The number of benzene rings is 1. The van der Waals surface area contributed by atoms with Crippen molar-refractivity contribution in [2.75, 3.05) is 6.61 Å². The van der Waals surface area contributed by atoms with E-state index >= 15 is 0 Å². The summed E-state index contributed by atoms with van der Waals surface area (Å²) in [6, 6.07) is 10.2. The molecule has 1 aromatic heterocycles. The molecular weight excluding hydrogens is 244 g/mol. The van der Waals surface area contributed by atoms with Crippen LogP contribution in [0.5, 0.6) is 0 Å². The number of thiazole rings is 1. The number of aliphatic hydroxyl groups excluding tert-OH is 1. The molecule has 4 heteroatoms. The molecule has 2 aromatic rings. The molecule has 2 unspecified atom stereocenters. The van der Waals surface area contributed by atoms with Crippen LogP contribution in [0, 0.1) is 6.92 Å². The van der Waals surface area contributed by atoms with E-state index in [0.29, 0.717) is 0 Å². The number of aliphatic hydroxyl groups is 1. The Kier molecular flexibility index (Phi) is 4.47. The highest BCUT2D eigenvalue weighted by molar-refractivity contribution is 7.09. The zero-order valence-electron chi connectivity index (χ0n) is 10.6. The molecule has 0 aliphatic carbocycles. The Labute approximate surface area is 112 Å². The van der Waals surface area contributed by atoms with E-state index in [1.54, 1.807) is 11.3 Å². The van der Waals surface area contributed by atoms with Crippen molar-refractivity contribution >= 4 is 11.3 Å². The molecular formula is C14H18N2OS. The summed E-state index contributed by atoms with van der Waals surface area (Å²) < 4.78 is 0. The molecule has 0 fully saturated rings. The molecule has 2 atom stereocenters. The zero-order chi connectivity index (χ0) is 13.0. The third-order valence-corrected chi connectivity index (χ3v) is 4.13. The van der Waals surface area contributed by atoms with Crippen LogP contribution in [0.3, 0.4) is 0 Å². The average molecular weight is 262 g/mol. The number of nitrogens with zero attached hydrogens (tertiary/aromatic N) is 1. The molecule has 1 heterocycles. The van der Waals surface area contributed by atoms with Gasteiger partial charge in [-0.3, -0.25) is 0 Å². The lowest BCUT2D eigenvalue weighted by molar-refractivity contribution is 0.236. The lowest BCUT2D eigenvalue weighted by atomic mass is 10.1. The second-order valence-electron chi connectivity index (χ2n) is 4.34. The molecule has 0 saturated carbocycles. The first kappa shape index (κ1) is 13.2. The van der Waals surface area contributed by atoms with Crippen LogP contribution in [0.2, 0.25) is 0 Å². The van der Waals surface area contributed by atoms with E-state index in [0.717, 1.165) is 11.3 Å². The molecule has 0 amide bonds. The van der Waals surface area contributed by atoms with Crippen molar-refractivity contribution in [3.63, 3.8) is 0 Å². The number of rotatable bonds is 5. The molecule has 0 aliphatic rings. The Morgan fingerprint density at radius 1 is 1.33 bits per heavy atom. The van der Waals surface area contributed by atoms with Gasteiger partial charge in [-0.15, -0.1) is 11.3 Å². The Bertz CT molecular complexity index is 484. The quantitative estimate of drug-likeness (QED) is 0.871. The van der Waals surface area contributed by atoms with E-state index in [9.17, 15) is 5.11 Å². The fraction of sp³-hybridized carbons (Fsp3) is 0.357. The first-order valence-corrected chi connectivity index (χ1v) is 6.92. The van der Waals surface area contributed by atoms with Crippen molar-refractivity contribution in [2.24, 2.45) is 0 Å². The van der Waals surface area contributed by atoms with E-state index in [2.05, 4.69) is 17.2 Å².